The summed E-state index contributed by atoms with van der Waals surface area (Å²) in [7, 11) is 0. The molecule has 1 atom stereocenters. The van der Waals surface area contributed by atoms with Crippen LogP contribution in [0, 0.1) is 5.82 Å². The molecular formula is C22H23ClFNO3. The van der Waals surface area contributed by atoms with E-state index >= 15 is 0 Å². The molecule has 4 nitrogen and oxygen atoms in total. The van der Waals surface area contributed by atoms with Gasteiger partial charge in [0.05, 0.1) is 24.1 Å². The average Bonchev–Trinajstić information content (AvgIpc) is 3.18. The molecule has 6 heteroatoms. The Morgan fingerprint density at radius 2 is 2.11 bits per heavy atom. The Kier molecular flexibility index (Phi) is 6.25. The van der Waals surface area contributed by atoms with Gasteiger partial charge in [0.25, 0.3) is 0 Å². The lowest BCUT2D eigenvalue weighted by Gasteiger charge is -2.32. The molecule has 0 bridgehead atoms. The number of rotatable bonds is 6. The van der Waals surface area contributed by atoms with Gasteiger partial charge in [-0.3, -0.25) is 0 Å². The molecule has 1 aliphatic rings. The fraction of sp³-hybridized carbons (Fsp3) is 0.318. The average molecular weight is 404 g/mol. The predicted molar refractivity (Wildman–Crippen MR) is 107 cm³/mol. The molecule has 28 heavy (non-hydrogen) atoms. The van der Waals surface area contributed by atoms with E-state index in [-0.39, 0.29) is 11.6 Å². The van der Waals surface area contributed by atoms with Gasteiger partial charge >= 0.3 is 5.97 Å². The Bertz CT molecular complexity index is 931. The smallest absolute Gasteiger partial charge is 0.336 e. The van der Waals surface area contributed by atoms with Gasteiger partial charge in [0, 0.05) is 16.6 Å². The second-order valence-corrected chi connectivity index (χ2v) is 7.03. The lowest BCUT2D eigenvalue weighted by molar-refractivity contribution is -0.138. The van der Waals surface area contributed by atoms with E-state index in [4.69, 9.17) is 20.8 Å². The largest absolute Gasteiger partial charge is 0.463 e. The minimum Gasteiger partial charge on any atom is -0.463 e. The van der Waals surface area contributed by atoms with E-state index in [0.717, 1.165) is 23.4 Å². The van der Waals surface area contributed by atoms with Gasteiger partial charge in [0.15, 0.2) is 0 Å². The van der Waals surface area contributed by atoms with Crippen molar-refractivity contribution in [1.29, 1.82) is 0 Å². The molecule has 148 valence electrons. The number of carbonyl (C=O) groups is 1. The predicted octanol–water partition coefficient (Wildman–Crippen LogP) is 5.81. The summed E-state index contributed by atoms with van der Waals surface area (Å²) < 4.78 is 24.6. The van der Waals surface area contributed by atoms with Gasteiger partial charge in [0.2, 0.25) is 0 Å². The van der Waals surface area contributed by atoms with Crippen molar-refractivity contribution < 1.29 is 18.3 Å². The molecule has 1 aliphatic heterocycles. The summed E-state index contributed by atoms with van der Waals surface area (Å²) in [5.74, 6) is -0.625. The van der Waals surface area contributed by atoms with Crippen LogP contribution in [0.5, 0.6) is 0 Å². The summed E-state index contributed by atoms with van der Waals surface area (Å²) in [6, 6.07) is 7.90. The van der Waals surface area contributed by atoms with E-state index in [1.165, 1.54) is 12.1 Å². The minimum absolute atomic E-state index is 0.263. The number of benzene rings is 1. The highest BCUT2D eigenvalue weighted by atomic mass is 35.5. The van der Waals surface area contributed by atoms with Crippen LogP contribution in [0.3, 0.4) is 0 Å². The number of furan rings is 1. The van der Waals surface area contributed by atoms with Crippen LogP contribution in [0.15, 0.2) is 57.9 Å². The van der Waals surface area contributed by atoms with Crippen molar-refractivity contribution in [3.8, 4) is 0 Å². The van der Waals surface area contributed by atoms with Crippen molar-refractivity contribution in [2.75, 3.05) is 6.61 Å². The summed E-state index contributed by atoms with van der Waals surface area (Å²) in [6.07, 6.45) is 3.09. The number of hydrogen-bond donors (Lipinski definition) is 1. The Morgan fingerprint density at radius 1 is 1.32 bits per heavy atom. The summed E-state index contributed by atoms with van der Waals surface area (Å²) in [5, 5.41) is 3.64. The van der Waals surface area contributed by atoms with Gasteiger partial charge < -0.3 is 14.5 Å². The zero-order valence-corrected chi connectivity index (χ0v) is 16.9. The zero-order chi connectivity index (χ0) is 20.3. The van der Waals surface area contributed by atoms with Crippen LogP contribution < -0.4 is 5.32 Å². The number of halogens is 2. The maximum Gasteiger partial charge on any atom is 0.336 e. The van der Waals surface area contributed by atoms with Crippen molar-refractivity contribution in [2.45, 2.75) is 39.5 Å². The molecular weight excluding hydrogens is 381 g/mol. The maximum absolute atomic E-state index is 13.7. The van der Waals surface area contributed by atoms with E-state index in [1.807, 2.05) is 19.9 Å². The molecule has 2 aromatic rings. The molecule has 1 unspecified atom stereocenters. The number of hydrogen-bond acceptors (Lipinski definition) is 4. The van der Waals surface area contributed by atoms with Gasteiger partial charge in [0.1, 0.15) is 11.6 Å². The number of esters is 1. The first-order valence-electron chi connectivity index (χ1n) is 9.34. The fourth-order valence-corrected chi connectivity index (χ4v) is 3.83. The summed E-state index contributed by atoms with van der Waals surface area (Å²) >= 11 is 6.39. The standard InChI is InChI=1S/C22H23ClFNO3/c1-4-7-17-20(22(26)27-5-2)19(15-10-9-14(24)12-16(15)23)13(3)21(25-17)18-8-6-11-28-18/h6,8-12,19,25H,4-5,7H2,1-3H3. The molecule has 0 fully saturated rings. The number of dihydropyridines is 1. The first-order valence-corrected chi connectivity index (χ1v) is 9.72. The molecule has 2 heterocycles. The second kappa shape index (κ2) is 8.65. The van der Waals surface area contributed by atoms with Crippen LogP contribution >= 0.6 is 11.6 Å². The van der Waals surface area contributed by atoms with Gasteiger partial charge in [-0.1, -0.05) is 31.0 Å². The minimum atomic E-state index is -0.463. The molecule has 0 radical (unpaired) electrons. The van der Waals surface area contributed by atoms with E-state index in [0.29, 0.717) is 23.3 Å². The number of carbonyl (C=O) groups excluding carboxylic acids is 1. The van der Waals surface area contributed by atoms with Crippen molar-refractivity contribution in [3.05, 3.63) is 75.6 Å². The van der Waals surface area contributed by atoms with E-state index in [9.17, 15) is 9.18 Å². The first kappa shape index (κ1) is 20.2. The zero-order valence-electron chi connectivity index (χ0n) is 16.1. The van der Waals surface area contributed by atoms with E-state index in [2.05, 4.69) is 5.32 Å². The highest BCUT2D eigenvalue weighted by molar-refractivity contribution is 6.31. The number of ether oxygens (including phenoxy) is 1. The van der Waals surface area contributed by atoms with Gasteiger partial charge in [-0.25, -0.2) is 9.18 Å². The third-order valence-electron chi connectivity index (χ3n) is 4.75. The van der Waals surface area contributed by atoms with Crippen molar-refractivity contribution in [3.63, 3.8) is 0 Å². The van der Waals surface area contributed by atoms with Gasteiger partial charge in [-0.05, 0) is 55.7 Å². The molecule has 1 aromatic carbocycles. The summed E-state index contributed by atoms with van der Waals surface area (Å²) in [5.41, 5.74) is 3.56. The van der Waals surface area contributed by atoms with Crippen LogP contribution in [0.2, 0.25) is 5.02 Å². The van der Waals surface area contributed by atoms with E-state index in [1.54, 1.807) is 25.3 Å². The third kappa shape index (κ3) is 3.85. The van der Waals surface area contributed by atoms with Gasteiger partial charge in [-0.2, -0.15) is 0 Å². The maximum atomic E-state index is 13.7. The number of allylic oxidation sites excluding steroid dienone is 2. The van der Waals surface area contributed by atoms with Crippen LogP contribution in [0.1, 0.15) is 50.9 Å². The molecule has 0 spiro atoms. The van der Waals surface area contributed by atoms with Crippen LogP contribution in [0.25, 0.3) is 5.70 Å². The first-order chi connectivity index (χ1) is 13.5. The summed E-state index contributed by atoms with van der Waals surface area (Å²) in [6.45, 7) is 5.98. The molecule has 0 saturated carbocycles. The van der Waals surface area contributed by atoms with Crippen molar-refractivity contribution in [2.24, 2.45) is 0 Å². The normalized spacial score (nSPS) is 17.0. The Morgan fingerprint density at radius 3 is 2.71 bits per heavy atom. The molecule has 1 N–H and O–H groups in total. The van der Waals surface area contributed by atoms with Crippen LogP contribution in [-0.2, 0) is 9.53 Å². The molecule has 0 amide bonds. The monoisotopic (exact) mass is 403 g/mol. The van der Waals surface area contributed by atoms with Gasteiger partial charge in [-0.15, -0.1) is 0 Å². The lowest BCUT2D eigenvalue weighted by Crippen LogP contribution is -2.29. The van der Waals surface area contributed by atoms with Crippen LogP contribution in [0.4, 0.5) is 4.39 Å². The SMILES string of the molecule is CCCC1=C(C(=O)OCC)C(c2ccc(F)cc2Cl)C(C)=C(c2ccco2)N1. The van der Waals surface area contributed by atoms with Crippen LogP contribution in [-0.4, -0.2) is 12.6 Å². The number of nitrogens with one attached hydrogen (secondary N) is 1. The molecule has 1 aromatic heterocycles. The Hall–Kier alpha value is -2.53. The lowest BCUT2D eigenvalue weighted by atomic mass is 9.80. The Balaban J connectivity index is 2.23. The summed E-state index contributed by atoms with van der Waals surface area (Å²) in [4.78, 5) is 12.9. The Labute approximate surface area is 169 Å². The van der Waals surface area contributed by atoms with Crippen molar-refractivity contribution in [1.82, 2.24) is 5.32 Å². The van der Waals surface area contributed by atoms with E-state index < -0.39 is 17.7 Å². The highest BCUT2D eigenvalue weighted by Gasteiger charge is 2.36. The fourth-order valence-electron chi connectivity index (χ4n) is 3.55. The third-order valence-corrected chi connectivity index (χ3v) is 5.08. The molecule has 0 saturated heterocycles. The molecule has 3 rings (SSSR count). The van der Waals surface area contributed by atoms with Crippen molar-refractivity contribution >= 4 is 23.3 Å². The second-order valence-electron chi connectivity index (χ2n) is 6.62. The molecule has 0 aliphatic carbocycles. The quantitative estimate of drug-likeness (QED) is 0.618. The topological polar surface area (TPSA) is 51.5 Å². The highest BCUT2D eigenvalue weighted by Crippen LogP contribution is 2.44.